The molecule has 0 unspecified atom stereocenters. The number of pyridine rings is 1. The Kier molecular flexibility index (Phi) is 3.63. The van der Waals surface area contributed by atoms with E-state index in [-0.39, 0.29) is 11.3 Å². The standard InChI is InChI=1S/C20H22N6O/c1-14-10-21-6-2-15(14)19(27)26-9-8-25(11-20(12-26)4-5-20)18-16-3-7-22-17(16)23-13-24-18/h2-3,6-7,10,13H,4-5,8-9,11-12H2,1H3,(H,22,23,24). The highest BCUT2D eigenvalue weighted by Gasteiger charge is 2.48. The van der Waals surface area contributed by atoms with Gasteiger partial charge < -0.3 is 14.8 Å². The van der Waals surface area contributed by atoms with E-state index in [1.165, 1.54) is 0 Å². The highest BCUT2D eigenvalue weighted by atomic mass is 16.2. The second kappa shape index (κ2) is 6.04. The molecule has 5 rings (SSSR count). The van der Waals surface area contributed by atoms with Crippen LogP contribution in [0, 0.1) is 12.3 Å². The molecule has 7 heteroatoms. The Hall–Kier alpha value is -2.96. The van der Waals surface area contributed by atoms with Crippen LogP contribution in [0.4, 0.5) is 5.82 Å². The third-order valence-corrected chi connectivity index (χ3v) is 5.82. The number of hydrogen-bond donors (Lipinski definition) is 1. The first-order valence-electron chi connectivity index (χ1n) is 9.38. The monoisotopic (exact) mass is 362 g/mol. The van der Waals surface area contributed by atoms with Gasteiger partial charge in [-0.3, -0.25) is 9.78 Å². The first-order chi connectivity index (χ1) is 13.2. The summed E-state index contributed by atoms with van der Waals surface area (Å²) >= 11 is 0. The van der Waals surface area contributed by atoms with E-state index < -0.39 is 0 Å². The van der Waals surface area contributed by atoms with Gasteiger partial charge in [-0.25, -0.2) is 9.97 Å². The Morgan fingerprint density at radius 1 is 1.19 bits per heavy atom. The molecule has 0 atom stereocenters. The maximum absolute atomic E-state index is 13.2. The van der Waals surface area contributed by atoms with Gasteiger partial charge in [0.05, 0.1) is 5.39 Å². The summed E-state index contributed by atoms with van der Waals surface area (Å²) in [4.78, 5) is 33.6. The van der Waals surface area contributed by atoms with Gasteiger partial charge >= 0.3 is 0 Å². The number of aromatic amines is 1. The number of aryl methyl sites for hydroxylation is 1. The van der Waals surface area contributed by atoms with Crippen molar-refractivity contribution in [1.29, 1.82) is 0 Å². The van der Waals surface area contributed by atoms with E-state index in [2.05, 4.69) is 24.8 Å². The second-order valence-corrected chi connectivity index (χ2v) is 7.78. The van der Waals surface area contributed by atoms with Crippen LogP contribution in [0.1, 0.15) is 28.8 Å². The topological polar surface area (TPSA) is 78.0 Å². The number of anilines is 1. The molecule has 0 radical (unpaired) electrons. The molecular weight excluding hydrogens is 340 g/mol. The molecule has 3 aromatic heterocycles. The molecule has 1 saturated carbocycles. The number of rotatable bonds is 2. The van der Waals surface area contributed by atoms with Crippen molar-refractivity contribution in [2.24, 2.45) is 5.41 Å². The maximum atomic E-state index is 13.2. The fraction of sp³-hybridized carbons (Fsp3) is 0.400. The van der Waals surface area contributed by atoms with Gasteiger partial charge in [0.15, 0.2) is 0 Å². The molecule has 1 N–H and O–H groups in total. The zero-order valence-corrected chi connectivity index (χ0v) is 15.4. The minimum Gasteiger partial charge on any atom is -0.354 e. The molecule has 1 amide bonds. The van der Waals surface area contributed by atoms with E-state index in [1.54, 1.807) is 18.7 Å². The predicted molar refractivity (Wildman–Crippen MR) is 103 cm³/mol. The third-order valence-electron chi connectivity index (χ3n) is 5.82. The van der Waals surface area contributed by atoms with Crippen molar-refractivity contribution in [3.63, 3.8) is 0 Å². The summed E-state index contributed by atoms with van der Waals surface area (Å²) in [5.41, 5.74) is 2.72. The Bertz CT molecular complexity index is 1010. The largest absolute Gasteiger partial charge is 0.354 e. The van der Waals surface area contributed by atoms with Gasteiger partial charge in [-0.15, -0.1) is 0 Å². The lowest BCUT2D eigenvalue weighted by Gasteiger charge is -2.25. The van der Waals surface area contributed by atoms with Crippen LogP contribution in [0.5, 0.6) is 0 Å². The summed E-state index contributed by atoms with van der Waals surface area (Å²) in [6, 6.07) is 3.85. The first-order valence-corrected chi connectivity index (χ1v) is 9.38. The van der Waals surface area contributed by atoms with E-state index >= 15 is 0 Å². The molecule has 0 aromatic carbocycles. The molecule has 1 saturated heterocycles. The molecular formula is C20H22N6O. The molecule has 0 bridgehead atoms. The summed E-state index contributed by atoms with van der Waals surface area (Å²) < 4.78 is 0. The lowest BCUT2D eigenvalue weighted by Crippen LogP contribution is -2.37. The molecule has 138 valence electrons. The zero-order valence-electron chi connectivity index (χ0n) is 15.4. The summed E-state index contributed by atoms with van der Waals surface area (Å²) in [5, 5.41) is 1.04. The van der Waals surface area contributed by atoms with Crippen LogP contribution in [-0.4, -0.2) is 56.9 Å². The third kappa shape index (κ3) is 2.83. The van der Waals surface area contributed by atoms with Gasteiger partial charge in [-0.2, -0.15) is 0 Å². The van der Waals surface area contributed by atoms with Crippen LogP contribution in [0.2, 0.25) is 0 Å². The lowest BCUT2D eigenvalue weighted by atomic mass is 10.1. The van der Waals surface area contributed by atoms with Crippen molar-refractivity contribution < 1.29 is 4.79 Å². The van der Waals surface area contributed by atoms with Crippen molar-refractivity contribution in [3.05, 3.63) is 48.2 Å². The summed E-state index contributed by atoms with van der Waals surface area (Å²) in [6.45, 7) is 5.16. The molecule has 27 heavy (non-hydrogen) atoms. The van der Waals surface area contributed by atoms with Crippen molar-refractivity contribution in [1.82, 2.24) is 24.8 Å². The molecule has 7 nitrogen and oxygen atoms in total. The first kappa shape index (κ1) is 16.2. The number of nitrogens with one attached hydrogen (secondary N) is 1. The normalized spacial score (nSPS) is 18.7. The quantitative estimate of drug-likeness (QED) is 0.757. The molecule has 1 spiro atoms. The number of fused-ring (bicyclic) bond motifs is 1. The van der Waals surface area contributed by atoms with E-state index in [0.717, 1.165) is 60.5 Å². The van der Waals surface area contributed by atoms with Gasteiger partial charge in [0.25, 0.3) is 5.91 Å². The fourth-order valence-electron chi connectivity index (χ4n) is 4.10. The number of hydrogen-bond acceptors (Lipinski definition) is 5. The molecule has 2 fully saturated rings. The average molecular weight is 362 g/mol. The fourth-order valence-corrected chi connectivity index (χ4v) is 4.10. The van der Waals surface area contributed by atoms with Crippen LogP contribution in [0.3, 0.4) is 0 Å². The van der Waals surface area contributed by atoms with E-state index in [1.807, 2.05) is 30.2 Å². The smallest absolute Gasteiger partial charge is 0.254 e. The van der Waals surface area contributed by atoms with Gasteiger partial charge in [-0.1, -0.05) is 0 Å². The number of H-pyrrole nitrogens is 1. The van der Waals surface area contributed by atoms with Crippen LogP contribution < -0.4 is 4.90 Å². The van der Waals surface area contributed by atoms with Crippen LogP contribution >= 0.6 is 0 Å². The van der Waals surface area contributed by atoms with Crippen molar-refractivity contribution in [2.75, 3.05) is 31.1 Å². The number of aromatic nitrogens is 4. The Labute approximate surface area is 157 Å². The Morgan fingerprint density at radius 2 is 2.07 bits per heavy atom. The summed E-state index contributed by atoms with van der Waals surface area (Å²) in [7, 11) is 0. The molecule has 1 aliphatic heterocycles. The Balaban J connectivity index is 1.45. The Morgan fingerprint density at radius 3 is 2.89 bits per heavy atom. The average Bonchev–Trinajstić information content (AvgIpc) is 3.32. The van der Waals surface area contributed by atoms with Gasteiger partial charge in [0.2, 0.25) is 0 Å². The SMILES string of the molecule is Cc1cnccc1C(=O)N1CCN(c2ncnc3[nH]ccc23)CC2(CC2)C1. The zero-order chi connectivity index (χ0) is 18.4. The van der Waals surface area contributed by atoms with Crippen molar-refractivity contribution >= 4 is 22.8 Å². The lowest BCUT2D eigenvalue weighted by molar-refractivity contribution is 0.0740. The molecule has 1 aliphatic carbocycles. The van der Waals surface area contributed by atoms with Crippen LogP contribution in [0.15, 0.2) is 37.1 Å². The number of carbonyl (C=O) groups excluding carboxylic acids is 1. The highest BCUT2D eigenvalue weighted by molar-refractivity contribution is 5.95. The van der Waals surface area contributed by atoms with E-state index in [0.29, 0.717) is 6.54 Å². The van der Waals surface area contributed by atoms with Crippen molar-refractivity contribution in [2.45, 2.75) is 19.8 Å². The van der Waals surface area contributed by atoms with Gasteiger partial charge in [0, 0.05) is 55.7 Å². The number of nitrogens with zero attached hydrogens (tertiary/aromatic N) is 5. The van der Waals surface area contributed by atoms with E-state index in [4.69, 9.17) is 0 Å². The summed E-state index contributed by atoms with van der Waals surface area (Å²) in [6.07, 6.45) is 9.28. The van der Waals surface area contributed by atoms with E-state index in [9.17, 15) is 4.79 Å². The summed E-state index contributed by atoms with van der Waals surface area (Å²) in [5.74, 6) is 1.07. The number of carbonyl (C=O) groups is 1. The molecule has 3 aromatic rings. The van der Waals surface area contributed by atoms with Gasteiger partial charge in [0.1, 0.15) is 17.8 Å². The predicted octanol–water partition coefficient (Wildman–Crippen LogP) is 2.40. The van der Waals surface area contributed by atoms with Crippen LogP contribution in [0.25, 0.3) is 11.0 Å². The highest BCUT2D eigenvalue weighted by Crippen LogP contribution is 2.48. The number of amides is 1. The van der Waals surface area contributed by atoms with Gasteiger partial charge in [-0.05, 0) is 37.5 Å². The second-order valence-electron chi connectivity index (χ2n) is 7.78. The van der Waals surface area contributed by atoms with Crippen molar-refractivity contribution in [3.8, 4) is 0 Å². The minimum absolute atomic E-state index is 0.109. The maximum Gasteiger partial charge on any atom is 0.254 e. The molecule has 4 heterocycles. The minimum atomic E-state index is 0.109. The molecule has 2 aliphatic rings. The van der Waals surface area contributed by atoms with Crippen LogP contribution in [-0.2, 0) is 0 Å².